The van der Waals surface area contributed by atoms with Crippen LogP contribution in [0, 0.1) is 20.8 Å². The van der Waals surface area contributed by atoms with Crippen LogP contribution < -0.4 is 0 Å². The number of pyridine rings is 1. The molecule has 0 aromatic carbocycles. The number of nitrogens with zero attached hydrogens (tertiary/aromatic N) is 3. The first kappa shape index (κ1) is 14.7. The van der Waals surface area contributed by atoms with Gasteiger partial charge in [-0.25, -0.2) is 9.97 Å². The average molecular weight is 287 g/mol. The first-order valence-electron chi connectivity index (χ1n) is 6.38. The van der Waals surface area contributed by atoms with Crippen LogP contribution in [0.2, 0.25) is 0 Å². The number of aromatic nitrogens is 3. The number of ketones is 1. The summed E-state index contributed by atoms with van der Waals surface area (Å²) >= 11 is 1.54. The summed E-state index contributed by atoms with van der Waals surface area (Å²) in [6, 6.07) is 3.95. The fraction of sp³-hybridized carbons (Fsp3) is 0.333. The lowest BCUT2D eigenvalue weighted by atomic mass is 10.2. The van der Waals surface area contributed by atoms with Crippen molar-refractivity contribution in [1.82, 2.24) is 15.0 Å². The number of hydrogen-bond acceptors (Lipinski definition) is 5. The molecule has 2 aromatic heterocycles. The summed E-state index contributed by atoms with van der Waals surface area (Å²) in [7, 11) is 0. The van der Waals surface area contributed by atoms with E-state index < -0.39 is 0 Å². The normalized spacial score (nSPS) is 10.6. The Kier molecular flexibility index (Phi) is 4.49. The third-order valence-electron chi connectivity index (χ3n) is 2.98. The topological polar surface area (TPSA) is 55.7 Å². The van der Waals surface area contributed by atoms with Crippen molar-refractivity contribution in [3.63, 3.8) is 0 Å². The fourth-order valence-corrected chi connectivity index (χ4v) is 3.21. The van der Waals surface area contributed by atoms with Crippen LogP contribution >= 0.6 is 11.8 Å². The zero-order chi connectivity index (χ0) is 14.7. The largest absolute Gasteiger partial charge is 0.294 e. The molecule has 4 nitrogen and oxygen atoms in total. The zero-order valence-corrected chi connectivity index (χ0v) is 12.9. The minimum atomic E-state index is 0.00254. The lowest BCUT2D eigenvalue weighted by Crippen LogP contribution is -2.06. The van der Waals surface area contributed by atoms with E-state index >= 15 is 0 Å². The van der Waals surface area contributed by atoms with Crippen molar-refractivity contribution >= 4 is 17.5 Å². The van der Waals surface area contributed by atoms with Crippen molar-refractivity contribution in [2.45, 2.75) is 38.5 Å². The molecular formula is C15H17N3OS. The van der Waals surface area contributed by atoms with E-state index in [9.17, 15) is 4.79 Å². The number of aryl methyl sites for hydroxylation is 3. The van der Waals surface area contributed by atoms with Gasteiger partial charge in [-0.05, 0) is 39.3 Å². The molecule has 0 fully saturated rings. The summed E-state index contributed by atoms with van der Waals surface area (Å²) < 4.78 is 0. The van der Waals surface area contributed by atoms with Gasteiger partial charge < -0.3 is 0 Å². The Labute approximate surface area is 123 Å². The van der Waals surface area contributed by atoms with E-state index in [1.165, 1.54) is 11.8 Å². The van der Waals surface area contributed by atoms with Crippen LogP contribution in [0.3, 0.4) is 0 Å². The molecule has 0 aliphatic rings. The monoisotopic (exact) mass is 287 g/mol. The van der Waals surface area contributed by atoms with Gasteiger partial charge in [0.05, 0.1) is 17.0 Å². The Morgan fingerprint density at radius 2 is 2.00 bits per heavy atom. The molecule has 0 aliphatic carbocycles. The summed E-state index contributed by atoms with van der Waals surface area (Å²) in [6.07, 6.45) is 1.78. The molecule has 0 atom stereocenters. The maximum Gasteiger partial charge on any atom is 0.164 e. The second kappa shape index (κ2) is 6.13. The first-order chi connectivity index (χ1) is 9.49. The van der Waals surface area contributed by atoms with Crippen molar-refractivity contribution < 1.29 is 4.79 Å². The molecule has 0 radical (unpaired) electrons. The Morgan fingerprint density at radius 3 is 2.65 bits per heavy atom. The number of Topliss-reactive ketones (excluding diaryl/α,β-unsaturated/α-hetero) is 1. The van der Waals surface area contributed by atoms with Gasteiger partial charge in [0.15, 0.2) is 5.78 Å². The second-order valence-electron chi connectivity index (χ2n) is 4.65. The lowest BCUT2D eigenvalue weighted by molar-refractivity contribution is 0.101. The van der Waals surface area contributed by atoms with Crippen LogP contribution in [0.4, 0.5) is 0 Å². The highest BCUT2D eigenvalue weighted by atomic mass is 32.2. The van der Waals surface area contributed by atoms with Crippen LogP contribution in [0.1, 0.15) is 40.1 Å². The smallest absolute Gasteiger partial charge is 0.164 e. The molecule has 0 saturated carbocycles. The zero-order valence-electron chi connectivity index (χ0n) is 12.1. The number of carbonyl (C=O) groups is 1. The van der Waals surface area contributed by atoms with Gasteiger partial charge in [-0.15, -0.1) is 0 Å². The Bertz CT molecular complexity index is 656. The van der Waals surface area contributed by atoms with E-state index in [1.54, 1.807) is 13.1 Å². The molecule has 2 rings (SSSR count). The summed E-state index contributed by atoms with van der Waals surface area (Å²) in [6.45, 7) is 7.27. The molecule has 2 aromatic rings. The van der Waals surface area contributed by atoms with Gasteiger partial charge in [0, 0.05) is 11.9 Å². The van der Waals surface area contributed by atoms with Crippen molar-refractivity contribution in [1.29, 1.82) is 0 Å². The molecule has 5 heteroatoms. The molecule has 0 unspecified atom stereocenters. The SMILES string of the molecule is CC(=O)c1c(C)nc(C)nc1SCc1ncccc1C. The lowest BCUT2D eigenvalue weighted by Gasteiger charge is -2.10. The Balaban J connectivity index is 2.30. The molecule has 104 valence electrons. The van der Waals surface area contributed by atoms with Gasteiger partial charge in [0.1, 0.15) is 10.9 Å². The average Bonchev–Trinajstić information content (AvgIpc) is 2.36. The summed E-state index contributed by atoms with van der Waals surface area (Å²) in [5.41, 5.74) is 3.52. The van der Waals surface area contributed by atoms with E-state index in [0.717, 1.165) is 22.0 Å². The maximum absolute atomic E-state index is 11.8. The van der Waals surface area contributed by atoms with Gasteiger partial charge in [-0.3, -0.25) is 9.78 Å². The van der Waals surface area contributed by atoms with Crippen LogP contribution in [0.25, 0.3) is 0 Å². The van der Waals surface area contributed by atoms with Crippen LogP contribution in [0.15, 0.2) is 23.4 Å². The van der Waals surface area contributed by atoms with Gasteiger partial charge in [0.2, 0.25) is 0 Å². The molecule has 0 bridgehead atoms. The van der Waals surface area contributed by atoms with Gasteiger partial charge in [0.25, 0.3) is 0 Å². The standard InChI is InChI=1S/C15H17N3OS/c1-9-6-5-7-16-13(9)8-20-15-14(11(3)19)10(2)17-12(4)18-15/h5-7H,8H2,1-4H3. The van der Waals surface area contributed by atoms with Crippen molar-refractivity contribution in [2.75, 3.05) is 0 Å². The summed E-state index contributed by atoms with van der Waals surface area (Å²) in [4.78, 5) is 24.8. The van der Waals surface area contributed by atoms with Gasteiger partial charge >= 0.3 is 0 Å². The highest BCUT2D eigenvalue weighted by Gasteiger charge is 2.15. The van der Waals surface area contributed by atoms with Crippen molar-refractivity contribution in [2.24, 2.45) is 0 Å². The van der Waals surface area contributed by atoms with E-state index in [-0.39, 0.29) is 5.78 Å². The number of thioether (sulfide) groups is 1. The first-order valence-corrected chi connectivity index (χ1v) is 7.37. The van der Waals surface area contributed by atoms with Crippen molar-refractivity contribution in [3.8, 4) is 0 Å². The predicted molar refractivity (Wildman–Crippen MR) is 80.0 cm³/mol. The number of hydrogen-bond donors (Lipinski definition) is 0. The van der Waals surface area contributed by atoms with Crippen LogP contribution in [-0.4, -0.2) is 20.7 Å². The summed E-state index contributed by atoms with van der Waals surface area (Å²) in [5.74, 6) is 1.39. The van der Waals surface area contributed by atoms with E-state index in [1.807, 2.05) is 32.9 Å². The van der Waals surface area contributed by atoms with Crippen molar-refractivity contribution in [3.05, 3.63) is 46.7 Å². The van der Waals surface area contributed by atoms with Crippen LogP contribution in [0.5, 0.6) is 0 Å². The van der Waals surface area contributed by atoms with E-state index in [2.05, 4.69) is 15.0 Å². The summed E-state index contributed by atoms with van der Waals surface area (Å²) in [5, 5.41) is 0.743. The second-order valence-corrected chi connectivity index (χ2v) is 5.61. The Morgan fingerprint density at radius 1 is 1.25 bits per heavy atom. The van der Waals surface area contributed by atoms with E-state index in [0.29, 0.717) is 17.1 Å². The molecule has 0 saturated heterocycles. The molecule has 2 heterocycles. The molecule has 0 spiro atoms. The van der Waals surface area contributed by atoms with E-state index in [4.69, 9.17) is 0 Å². The fourth-order valence-electron chi connectivity index (χ4n) is 2.00. The third-order valence-corrected chi connectivity index (χ3v) is 3.97. The third kappa shape index (κ3) is 3.22. The molecule has 0 amide bonds. The highest BCUT2D eigenvalue weighted by molar-refractivity contribution is 7.98. The molecule has 20 heavy (non-hydrogen) atoms. The predicted octanol–water partition coefficient (Wildman–Crippen LogP) is 3.29. The minimum Gasteiger partial charge on any atom is -0.294 e. The quantitative estimate of drug-likeness (QED) is 0.490. The Hall–Kier alpha value is -1.75. The van der Waals surface area contributed by atoms with Crippen LogP contribution in [-0.2, 0) is 5.75 Å². The minimum absolute atomic E-state index is 0.00254. The van der Waals surface area contributed by atoms with Gasteiger partial charge in [-0.2, -0.15) is 0 Å². The molecular weight excluding hydrogens is 270 g/mol. The highest BCUT2D eigenvalue weighted by Crippen LogP contribution is 2.26. The molecule has 0 aliphatic heterocycles. The van der Waals surface area contributed by atoms with Gasteiger partial charge in [-0.1, -0.05) is 17.8 Å². The maximum atomic E-state index is 11.8. The molecule has 0 N–H and O–H groups in total. The number of carbonyl (C=O) groups excluding carboxylic acids is 1. The number of rotatable bonds is 4.